The van der Waals surface area contributed by atoms with Gasteiger partial charge >= 0.3 is 0 Å². The van der Waals surface area contributed by atoms with Gasteiger partial charge < -0.3 is 19.7 Å². The first kappa shape index (κ1) is 17.8. The normalized spacial score (nSPS) is 15.2. The number of carbonyl (C=O) groups is 2. The molecule has 2 aromatic rings. The van der Waals surface area contributed by atoms with Crippen molar-refractivity contribution in [2.45, 2.75) is 20.0 Å². The molecule has 1 aliphatic heterocycles. The Labute approximate surface area is 152 Å². The van der Waals surface area contributed by atoms with Crippen LogP contribution in [0.4, 0.5) is 5.69 Å². The quantitative estimate of drug-likeness (QED) is 0.896. The molecule has 26 heavy (non-hydrogen) atoms. The maximum atomic E-state index is 12.4. The van der Waals surface area contributed by atoms with Gasteiger partial charge in [-0.1, -0.05) is 12.1 Å². The molecule has 0 radical (unpaired) electrons. The number of rotatable bonds is 5. The topological polar surface area (TPSA) is 67.9 Å². The van der Waals surface area contributed by atoms with Gasteiger partial charge in [0.05, 0.1) is 0 Å². The fourth-order valence-electron chi connectivity index (χ4n) is 2.76. The summed E-state index contributed by atoms with van der Waals surface area (Å²) in [6, 6.07) is 14.1. The van der Waals surface area contributed by atoms with Crippen LogP contribution >= 0.6 is 0 Å². The minimum absolute atomic E-state index is 0.0199. The summed E-state index contributed by atoms with van der Waals surface area (Å²) in [5.74, 6) is 0.880. The lowest BCUT2D eigenvalue weighted by atomic mass is 10.1. The molecule has 0 saturated carbocycles. The van der Waals surface area contributed by atoms with E-state index in [-0.39, 0.29) is 18.4 Å². The molecule has 3 rings (SSSR count). The summed E-state index contributed by atoms with van der Waals surface area (Å²) >= 11 is 0. The van der Waals surface area contributed by atoms with Crippen LogP contribution < -0.4 is 14.8 Å². The number of benzene rings is 2. The third kappa shape index (κ3) is 3.79. The average Bonchev–Trinajstić information content (AvgIpc) is 2.69. The van der Waals surface area contributed by atoms with E-state index in [0.717, 1.165) is 0 Å². The Kier molecular flexibility index (Phi) is 5.41. The Hall–Kier alpha value is -3.02. The minimum atomic E-state index is -0.720. The van der Waals surface area contributed by atoms with Crippen molar-refractivity contribution in [3.8, 4) is 11.5 Å². The molecule has 0 saturated heterocycles. The maximum absolute atomic E-state index is 12.4. The number of para-hydroxylation sites is 2. The van der Waals surface area contributed by atoms with Crippen LogP contribution in [0.3, 0.4) is 0 Å². The fraction of sp³-hybridized carbons (Fsp3) is 0.300. The highest BCUT2D eigenvalue weighted by molar-refractivity contribution is 5.97. The number of ether oxygens (including phenoxy) is 2. The number of carbonyl (C=O) groups excluding carboxylic acids is 2. The van der Waals surface area contributed by atoms with Gasteiger partial charge in [0.2, 0.25) is 6.10 Å². The highest BCUT2D eigenvalue weighted by Gasteiger charge is 2.27. The van der Waals surface area contributed by atoms with Gasteiger partial charge in [-0.15, -0.1) is 0 Å². The van der Waals surface area contributed by atoms with Gasteiger partial charge in [-0.25, -0.2) is 0 Å². The zero-order valence-electron chi connectivity index (χ0n) is 14.9. The molecule has 6 nitrogen and oxygen atoms in total. The molecule has 1 N–H and O–H groups in total. The van der Waals surface area contributed by atoms with Gasteiger partial charge in [0, 0.05) is 24.3 Å². The van der Waals surface area contributed by atoms with Gasteiger partial charge in [0.15, 0.2) is 11.5 Å². The van der Waals surface area contributed by atoms with E-state index in [1.807, 2.05) is 26.0 Å². The van der Waals surface area contributed by atoms with E-state index in [4.69, 9.17) is 9.47 Å². The van der Waals surface area contributed by atoms with Crippen LogP contribution in [0.2, 0.25) is 0 Å². The molecule has 0 fully saturated rings. The van der Waals surface area contributed by atoms with E-state index >= 15 is 0 Å². The predicted octanol–water partition coefficient (Wildman–Crippen LogP) is 2.95. The average molecular weight is 354 g/mol. The molecule has 1 heterocycles. The van der Waals surface area contributed by atoms with Crippen LogP contribution in [-0.2, 0) is 4.79 Å². The van der Waals surface area contributed by atoms with E-state index < -0.39 is 6.10 Å². The van der Waals surface area contributed by atoms with Gasteiger partial charge in [-0.05, 0) is 50.2 Å². The molecular weight excluding hydrogens is 332 g/mol. The largest absolute Gasteiger partial charge is 0.485 e. The predicted molar refractivity (Wildman–Crippen MR) is 98.7 cm³/mol. The zero-order chi connectivity index (χ0) is 18.5. The lowest BCUT2D eigenvalue weighted by Gasteiger charge is -2.25. The molecule has 0 aromatic heterocycles. The second-order valence-corrected chi connectivity index (χ2v) is 5.91. The van der Waals surface area contributed by atoms with Crippen LogP contribution in [0.25, 0.3) is 0 Å². The van der Waals surface area contributed by atoms with Crippen molar-refractivity contribution >= 4 is 17.5 Å². The zero-order valence-corrected chi connectivity index (χ0v) is 14.9. The SMILES string of the molecule is CCN(CC)C(=O)c1ccc(NC(=O)C2COc3ccccc3O2)cc1. The smallest absolute Gasteiger partial charge is 0.269 e. The van der Waals surface area contributed by atoms with Crippen molar-refractivity contribution in [1.29, 1.82) is 0 Å². The molecule has 136 valence electrons. The standard InChI is InChI=1S/C20H22N2O4/c1-3-22(4-2)20(24)14-9-11-15(12-10-14)21-19(23)18-13-25-16-7-5-6-8-17(16)26-18/h5-12,18H,3-4,13H2,1-2H3,(H,21,23). The first-order valence-electron chi connectivity index (χ1n) is 8.71. The Morgan fingerprint density at radius 3 is 2.35 bits per heavy atom. The van der Waals surface area contributed by atoms with E-state index in [2.05, 4.69) is 5.32 Å². The lowest BCUT2D eigenvalue weighted by molar-refractivity contribution is -0.125. The first-order valence-corrected chi connectivity index (χ1v) is 8.71. The van der Waals surface area contributed by atoms with Crippen molar-refractivity contribution in [2.75, 3.05) is 25.0 Å². The monoisotopic (exact) mass is 354 g/mol. The van der Waals surface area contributed by atoms with Crippen LogP contribution in [0.5, 0.6) is 11.5 Å². The summed E-state index contributed by atoms with van der Waals surface area (Å²) in [4.78, 5) is 26.5. The minimum Gasteiger partial charge on any atom is -0.485 e. The Bertz CT molecular complexity index is 785. The van der Waals surface area contributed by atoms with Crippen LogP contribution in [0.15, 0.2) is 48.5 Å². The summed E-state index contributed by atoms with van der Waals surface area (Å²) in [5, 5.41) is 2.80. The molecule has 1 aliphatic rings. The summed E-state index contributed by atoms with van der Waals surface area (Å²) in [5.41, 5.74) is 1.20. The van der Waals surface area contributed by atoms with Gasteiger partial charge in [0.25, 0.3) is 11.8 Å². The Morgan fingerprint density at radius 2 is 1.69 bits per heavy atom. The molecule has 2 amide bonds. The third-order valence-electron chi connectivity index (χ3n) is 4.25. The number of hydrogen-bond donors (Lipinski definition) is 1. The number of hydrogen-bond acceptors (Lipinski definition) is 4. The molecule has 1 atom stereocenters. The van der Waals surface area contributed by atoms with Gasteiger partial charge in [0.1, 0.15) is 6.61 Å². The first-order chi connectivity index (χ1) is 12.6. The van der Waals surface area contributed by atoms with Crippen molar-refractivity contribution < 1.29 is 19.1 Å². The molecule has 0 spiro atoms. The number of nitrogens with zero attached hydrogens (tertiary/aromatic N) is 1. The van der Waals surface area contributed by atoms with Crippen LogP contribution in [0.1, 0.15) is 24.2 Å². The Balaban J connectivity index is 1.63. The lowest BCUT2D eigenvalue weighted by Crippen LogP contribution is -2.40. The summed E-state index contributed by atoms with van der Waals surface area (Å²) < 4.78 is 11.3. The maximum Gasteiger partial charge on any atom is 0.269 e. The fourth-order valence-corrected chi connectivity index (χ4v) is 2.76. The van der Waals surface area contributed by atoms with Crippen molar-refractivity contribution in [1.82, 2.24) is 4.90 Å². The number of anilines is 1. The molecule has 0 bridgehead atoms. The molecule has 6 heteroatoms. The second-order valence-electron chi connectivity index (χ2n) is 5.91. The van der Waals surface area contributed by atoms with E-state index in [9.17, 15) is 9.59 Å². The molecule has 1 unspecified atom stereocenters. The van der Waals surface area contributed by atoms with Crippen molar-refractivity contribution in [3.05, 3.63) is 54.1 Å². The highest BCUT2D eigenvalue weighted by atomic mass is 16.6. The summed E-state index contributed by atoms with van der Waals surface area (Å²) in [6.45, 7) is 5.37. The van der Waals surface area contributed by atoms with Crippen LogP contribution in [0, 0.1) is 0 Å². The molecule has 0 aliphatic carbocycles. The van der Waals surface area contributed by atoms with Crippen LogP contribution in [-0.4, -0.2) is 42.5 Å². The molecular formula is C20H22N2O4. The van der Waals surface area contributed by atoms with E-state index in [1.54, 1.807) is 41.3 Å². The molecule has 2 aromatic carbocycles. The summed E-state index contributed by atoms with van der Waals surface area (Å²) in [6.07, 6.45) is -0.720. The van der Waals surface area contributed by atoms with E-state index in [0.29, 0.717) is 35.8 Å². The third-order valence-corrected chi connectivity index (χ3v) is 4.25. The highest BCUT2D eigenvalue weighted by Crippen LogP contribution is 2.31. The van der Waals surface area contributed by atoms with E-state index in [1.165, 1.54) is 0 Å². The van der Waals surface area contributed by atoms with Crippen molar-refractivity contribution in [2.24, 2.45) is 0 Å². The second kappa shape index (κ2) is 7.91. The number of amides is 2. The number of nitrogens with one attached hydrogen (secondary N) is 1. The van der Waals surface area contributed by atoms with Gasteiger partial charge in [-0.2, -0.15) is 0 Å². The van der Waals surface area contributed by atoms with Gasteiger partial charge in [-0.3, -0.25) is 9.59 Å². The Morgan fingerprint density at radius 1 is 1.04 bits per heavy atom. The van der Waals surface area contributed by atoms with Crippen molar-refractivity contribution in [3.63, 3.8) is 0 Å². The summed E-state index contributed by atoms with van der Waals surface area (Å²) in [7, 11) is 0. The number of fused-ring (bicyclic) bond motifs is 1.